The number of nitrogens with zero attached hydrogens (tertiary/aromatic N) is 1. The van der Waals surface area contributed by atoms with Crippen molar-refractivity contribution in [2.75, 3.05) is 18.1 Å². The first-order valence-corrected chi connectivity index (χ1v) is 5.17. The van der Waals surface area contributed by atoms with E-state index in [0.717, 1.165) is 11.0 Å². The molecular formula is C11H9F4NO2. The Labute approximate surface area is 99.9 Å². The number of rotatable bonds is 1. The van der Waals surface area contributed by atoms with Gasteiger partial charge in [-0.1, -0.05) is 6.07 Å². The molecule has 1 aliphatic rings. The first-order chi connectivity index (χ1) is 8.38. The van der Waals surface area contributed by atoms with E-state index in [-0.39, 0.29) is 24.6 Å². The van der Waals surface area contributed by atoms with Crippen LogP contribution in [0.15, 0.2) is 18.2 Å². The molecule has 1 aromatic carbocycles. The van der Waals surface area contributed by atoms with Crippen LogP contribution < -0.4 is 9.64 Å². The van der Waals surface area contributed by atoms with E-state index in [1.807, 2.05) is 0 Å². The Morgan fingerprint density at radius 1 is 1.39 bits per heavy atom. The first kappa shape index (κ1) is 12.7. The number of alkyl halides is 3. The van der Waals surface area contributed by atoms with Crippen LogP contribution in [0.4, 0.5) is 23.2 Å². The molecule has 0 unspecified atom stereocenters. The largest absolute Gasteiger partial charge is 0.486 e. The van der Waals surface area contributed by atoms with E-state index in [0.29, 0.717) is 0 Å². The molecule has 1 aromatic rings. The molecule has 1 amide bonds. The van der Waals surface area contributed by atoms with Crippen molar-refractivity contribution < 1.29 is 27.1 Å². The summed E-state index contributed by atoms with van der Waals surface area (Å²) in [6.45, 7) is -0.0527. The van der Waals surface area contributed by atoms with Crippen molar-refractivity contribution in [3.05, 3.63) is 24.0 Å². The summed E-state index contributed by atoms with van der Waals surface area (Å²) in [7, 11) is 0. The van der Waals surface area contributed by atoms with Crippen LogP contribution >= 0.6 is 0 Å². The topological polar surface area (TPSA) is 29.5 Å². The van der Waals surface area contributed by atoms with Crippen molar-refractivity contribution in [3.63, 3.8) is 0 Å². The summed E-state index contributed by atoms with van der Waals surface area (Å²) < 4.78 is 54.9. The molecule has 1 heterocycles. The van der Waals surface area contributed by atoms with Crippen LogP contribution in [0.25, 0.3) is 0 Å². The number of amides is 1. The van der Waals surface area contributed by atoms with E-state index in [2.05, 4.69) is 0 Å². The minimum atomic E-state index is -4.58. The van der Waals surface area contributed by atoms with E-state index in [9.17, 15) is 22.4 Å². The zero-order valence-electron chi connectivity index (χ0n) is 9.13. The maximum atomic E-state index is 13.4. The molecular weight excluding hydrogens is 254 g/mol. The Kier molecular flexibility index (Phi) is 3.14. The van der Waals surface area contributed by atoms with Crippen molar-refractivity contribution in [1.29, 1.82) is 0 Å². The molecule has 98 valence electrons. The number of fused-ring (bicyclic) bond motifs is 1. The van der Waals surface area contributed by atoms with Crippen molar-refractivity contribution >= 4 is 11.6 Å². The summed E-state index contributed by atoms with van der Waals surface area (Å²) in [5, 5.41) is 0. The molecule has 0 aromatic heterocycles. The molecule has 0 aliphatic carbocycles. The lowest BCUT2D eigenvalue weighted by atomic mass is 10.2. The van der Waals surface area contributed by atoms with Crippen LogP contribution in [0.2, 0.25) is 0 Å². The average molecular weight is 263 g/mol. The van der Waals surface area contributed by atoms with Gasteiger partial charge < -0.3 is 9.64 Å². The van der Waals surface area contributed by atoms with Gasteiger partial charge in [-0.25, -0.2) is 4.39 Å². The summed E-state index contributed by atoms with van der Waals surface area (Å²) in [6.07, 6.45) is -6.15. The van der Waals surface area contributed by atoms with E-state index < -0.39 is 24.3 Å². The number of benzene rings is 1. The second-order valence-electron chi connectivity index (χ2n) is 3.77. The van der Waals surface area contributed by atoms with Gasteiger partial charge >= 0.3 is 6.18 Å². The quantitative estimate of drug-likeness (QED) is 0.728. The molecule has 0 saturated carbocycles. The number of anilines is 1. The highest BCUT2D eigenvalue weighted by Crippen LogP contribution is 2.35. The fraction of sp³-hybridized carbons (Fsp3) is 0.364. The fourth-order valence-electron chi connectivity index (χ4n) is 1.74. The van der Waals surface area contributed by atoms with Gasteiger partial charge in [-0.3, -0.25) is 4.79 Å². The predicted octanol–water partition coefficient (Wildman–Crippen LogP) is 2.50. The highest BCUT2D eigenvalue weighted by molar-refractivity contribution is 5.95. The lowest BCUT2D eigenvalue weighted by Crippen LogP contribution is -2.40. The van der Waals surface area contributed by atoms with E-state index in [1.165, 1.54) is 12.1 Å². The van der Waals surface area contributed by atoms with Crippen LogP contribution in [0, 0.1) is 5.82 Å². The van der Waals surface area contributed by atoms with Crippen LogP contribution in [0.3, 0.4) is 0 Å². The normalized spacial score (nSPS) is 15.0. The van der Waals surface area contributed by atoms with E-state index in [4.69, 9.17) is 4.74 Å². The molecule has 0 saturated heterocycles. The number of hydrogen-bond donors (Lipinski definition) is 0. The molecule has 1 aliphatic heterocycles. The van der Waals surface area contributed by atoms with Gasteiger partial charge in [0.25, 0.3) is 0 Å². The lowest BCUT2D eigenvalue weighted by Gasteiger charge is -2.29. The third kappa shape index (κ3) is 2.55. The van der Waals surface area contributed by atoms with Gasteiger partial charge in [0.15, 0.2) is 11.6 Å². The first-order valence-electron chi connectivity index (χ1n) is 5.17. The second-order valence-corrected chi connectivity index (χ2v) is 3.77. The SMILES string of the molecule is O=C(CC(F)(F)F)N1CCOc2c(F)cccc21. The second kappa shape index (κ2) is 4.47. The number of hydrogen-bond acceptors (Lipinski definition) is 2. The maximum absolute atomic E-state index is 13.4. The summed E-state index contributed by atoms with van der Waals surface area (Å²) in [5.74, 6) is -1.99. The Morgan fingerprint density at radius 3 is 2.78 bits per heavy atom. The Balaban J connectivity index is 2.28. The van der Waals surface area contributed by atoms with Gasteiger partial charge in [-0.2, -0.15) is 13.2 Å². The Morgan fingerprint density at radius 2 is 2.11 bits per heavy atom. The third-order valence-corrected chi connectivity index (χ3v) is 2.45. The van der Waals surface area contributed by atoms with Crippen LogP contribution in [0.1, 0.15) is 6.42 Å². The molecule has 0 bridgehead atoms. The smallest absolute Gasteiger partial charge is 0.397 e. The molecule has 7 heteroatoms. The van der Waals surface area contributed by atoms with Crippen LogP contribution in [0.5, 0.6) is 5.75 Å². The summed E-state index contributed by atoms with van der Waals surface area (Å²) in [4.78, 5) is 12.4. The van der Waals surface area contributed by atoms with Gasteiger partial charge in [-0.15, -0.1) is 0 Å². The molecule has 0 radical (unpaired) electrons. The van der Waals surface area contributed by atoms with Crippen molar-refractivity contribution in [3.8, 4) is 5.75 Å². The minimum Gasteiger partial charge on any atom is -0.486 e. The van der Waals surface area contributed by atoms with Crippen molar-refractivity contribution in [2.24, 2.45) is 0 Å². The minimum absolute atomic E-state index is 0.0225. The predicted molar refractivity (Wildman–Crippen MR) is 54.9 cm³/mol. The third-order valence-electron chi connectivity index (χ3n) is 2.45. The Hall–Kier alpha value is -1.79. The maximum Gasteiger partial charge on any atom is 0.397 e. The molecule has 18 heavy (non-hydrogen) atoms. The standard InChI is InChI=1S/C11H9F4NO2/c12-7-2-1-3-8-10(7)18-5-4-16(8)9(17)6-11(13,14)15/h1-3H,4-6H2. The van der Waals surface area contributed by atoms with E-state index >= 15 is 0 Å². The molecule has 2 rings (SSSR count). The summed E-state index contributed by atoms with van der Waals surface area (Å²) in [6, 6.07) is 3.79. The fourth-order valence-corrected chi connectivity index (χ4v) is 1.74. The summed E-state index contributed by atoms with van der Waals surface area (Å²) >= 11 is 0. The van der Waals surface area contributed by atoms with Crippen molar-refractivity contribution in [1.82, 2.24) is 0 Å². The number of para-hydroxylation sites is 1. The van der Waals surface area contributed by atoms with Crippen LogP contribution in [-0.2, 0) is 4.79 Å². The van der Waals surface area contributed by atoms with Crippen molar-refractivity contribution in [2.45, 2.75) is 12.6 Å². The average Bonchev–Trinajstić information content (AvgIpc) is 2.26. The molecule has 0 fully saturated rings. The molecule has 0 atom stereocenters. The molecule has 0 spiro atoms. The van der Waals surface area contributed by atoms with E-state index in [1.54, 1.807) is 0 Å². The highest BCUT2D eigenvalue weighted by atomic mass is 19.4. The zero-order valence-corrected chi connectivity index (χ0v) is 9.13. The number of carbonyl (C=O) groups excluding carboxylic acids is 1. The molecule has 3 nitrogen and oxygen atoms in total. The number of halogens is 4. The van der Waals surface area contributed by atoms with Gasteiger partial charge in [0.1, 0.15) is 13.0 Å². The summed E-state index contributed by atoms with van der Waals surface area (Å²) in [5.41, 5.74) is 0.0375. The number of carbonyl (C=O) groups is 1. The lowest BCUT2D eigenvalue weighted by molar-refractivity contribution is -0.152. The monoisotopic (exact) mass is 263 g/mol. The molecule has 0 N–H and O–H groups in total. The Bertz CT molecular complexity index is 473. The van der Waals surface area contributed by atoms with Gasteiger partial charge in [-0.05, 0) is 12.1 Å². The van der Waals surface area contributed by atoms with Gasteiger partial charge in [0.05, 0.1) is 12.2 Å². The zero-order chi connectivity index (χ0) is 13.3. The van der Waals surface area contributed by atoms with Gasteiger partial charge in [0, 0.05) is 0 Å². The van der Waals surface area contributed by atoms with Crippen LogP contribution in [-0.4, -0.2) is 25.2 Å². The highest BCUT2D eigenvalue weighted by Gasteiger charge is 2.35. The van der Waals surface area contributed by atoms with Gasteiger partial charge in [0.2, 0.25) is 5.91 Å². The number of ether oxygens (including phenoxy) is 1.